The largest absolute Gasteiger partial charge is 0.465 e. The van der Waals surface area contributed by atoms with Crippen molar-refractivity contribution in [3.05, 3.63) is 75.3 Å². The Balaban J connectivity index is 1.44. The van der Waals surface area contributed by atoms with E-state index in [-0.39, 0.29) is 17.0 Å². The van der Waals surface area contributed by atoms with Gasteiger partial charge in [-0.05, 0) is 36.4 Å². The Kier molecular flexibility index (Phi) is 5.95. The number of nitrogens with one attached hydrogen (secondary N) is 1. The Bertz CT molecular complexity index is 1250. The number of hydrogen-bond acceptors (Lipinski definition) is 6. The lowest BCUT2D eigenvalue weighted by atomic mass is 10.1. The van der Waals surface area contributed by atoms with E-state index in [1.807, 2.05) is 4.90 Å². The second-order valence-electron chi connectivity index (χ2n) is 7.43. The Hall–Kier alpha value is -3.66. The fourth-order valence-corrected chi connectivity index (χ4v) is 3.64. The number of rotatable bonds is 4. The first-order chi connectivity index (χ1) is 15.4. The van der Waals surface area contributed by atoms with Crippen LogP contribution in [-0.4, -0.2) is 64.9 Å². The van der Waals surface area contributed by atoms with E-state index >= 15 is 0 Å². The molecule has 166 valence electrons. The van der Waals surface area contributed by atoms with Crippen molar-refractivity contribution < 1.29 is 23.1 Å². The zero-order valence-corrected chi connectivity index (χ0v) is 17.2. The van der Waals surface area contributed by atoms with E-state index in [4.69, 9.17) is 4.74 Å². The van der Waals surface area contributed by atoms with Crippen LogP contribution in [0.2, 0.25) is 0 Å². The Morgan fingerprint density at radius 3 is 2.44 bits per heavy atom. The third-order valence-corrected chi connectivity index (χ3v) is 5.38. The van der Waals surface area contributed by atoms with Crippen molar-refractivity contribution in [1.29, 1.82) is 0 Å². The molecule has 2 aromatic carbocycles. The number of carbonyl (C=O) groups is 2. The normalized spacial score (nSPS) is 14.5. The van der Waals surface area contributed by atoms with E-state index in [2.05, 4.69) is 9.97 Å². The molecule has 1 fully saturated rings. The molecular formula is C22H20F2N4O4. The minimum atomic E-state index is -1.06. The van der Waals surface area contributed by atoms with E-state index in [1.165, 1.54) is 31.4 Å². The first kappa shape index (κ1) is 21.6. The number of amides is 1. The Morgan fingerprint density at radius 2 is 1.75 bits per heavy atom. The number of benzene rings is 2. The van der Waals surface area contributed by atoms with Crippen molar-refractivity contribution in [2.45, 2.75) is 6.54 Å². The lowest BCUT2D eigenvalue weighted by Gasteiger charge is -2.34. The smallest absolute Gasteiger partial charge is 0.337 e. The number of aromatic amines is 1. The van der Waals surface area contributed by atoms with Crippen LogP contribution in [0.5, 0.6) is 0 Å². The predicted molar refractivity (Wildman–Crippen MR) is 111 cm³/mol. The van der Waals surface area contributed by atoms with Gasteiger partial charge in [0.25, 0.3) is 11.5 Å². The number of hydrogen-bond donors (Lipinski definition) is 1. The molecule has 0 aliphatic carbocycles. The van der Waals surface area contributed by atoms with E-state index in [0.717, 1.165) is 12.1 Å². The SMILES string of the molecule is COC(=O)c1ccc2c(=O)[nH]c(CN3CCN(C(=O)c4ccc(F)c(F)c4)CC3)nc2c1. The molecule has 1 aromatic heterocycles. The summed E-state index contributed by atoms with van der Waals surface area (Å²) in [5, 5.41) is 0.364. The molecule has 2 heterocycles. The van der Waals surface area contributed by atoms with Crippen LogP contribution >= 0.6 is 0 Å². The number of methoxy groups -OCH3 is 1. The van der Waals surface area contributed by atoms with Crippen LogP contribution in [0.4, 0.5) is 8.78 Å². The second-order valence-corrected chi connectivity index (χ2v) is 7.43. The van der Waals surface area contributed by atoms with Crippen molar-refractivity contribution in [3.8, 4) is 0 Å². The van der Waals surface area contributed by atoms with Crippen LogP contribution in [0, 0.1) is 11.6 Å². The summed E-state index contributed by atoms with van der Waals surface area (Å²) in [7, 11) is 1.28. The van der Waals surface area contributed by atoms with Crippen LogP contribution in [0.25, 0.3) is 10.9 Å². The van der Waals surface area contributed by atoms with E-state index in [1.54, 1.807) is 4.90 Å². The average molecular weight is 442 g/mol. The van der Waals surface area contributed by atoms with Crippen molar-refractivity contribution in [3.63, 3.8) is 0 Å². The van der Waals surface area contributed by atoms with Crippen molar-refractivity contribution in [2.75, 3.05) is 33.3 Å². The average Bonchev–Trinajstić information content (AvgIpc) is 2.80. The molecule has 3 aromatic rings. The summed E-state index contributed by atoms with van der Waals surface area (Å²) in [6, 6.07) is 7.65. The predicted octanol–water partition coefficient (Wildman–Crippen LogP) is 1.95. The molecule has 0 bridgehead atoms. The maximum Gasteiger partial charge on any atom is 0.337 e. The van der Waals surface area contributed by atoms with Gasteiger partial charge in [-0.1, -0.05) is 0 Å². The molecule has 1 amide bonds. The van der Waals surface area contributed by atoms with E-state index in [0.29, 0.717) is 55.0 Å². The highest BCUT2D eigenvalue weighted by Crippen LogP contribution is 2.15. The summed E-state index contributed by atoms with van der Waals surface area (Å²) in [5.74, 6) is -2.50. The fraction of sp³-hybridized carbons (Fsp3) is 0.273. The van der Waals surface area contributed by atoms with Crippen molar-refractivity contribution in [1.82, 2.24) is 19.8 Å². The lowest BCUT2D eigenvalue weighted by molar-refractivity contribution is 0.0598. The molecule has 0 spiro atoms. The molecule has 1 aliphatic rings. The first-order valence-corrected chi connectivity index (χ1v) is 9.93. The number of piperazine rings is 1. The summed E-state index contributed by atoms with van der Waals surface area (Å²) in [4.78, 5) is 47.5. The Labute approximate surface area is 181 Å². The zero-order chi connectivity index (χ0) is 22.8. The minimum absolute atomic E-state index is 0.0966. The van der Waals surface area contributed by atoms with Gasteiger partial charge in [0.05, 0.1) is 30.1 Å². The topological polar surface area (TPSA) is 95.6 Å². The number of fused-ring (bicyclic) bond motifs is 1. The Morgan fingerprint density at radius 1 is 1.03 bits per heavy atom. The molecule has 4 rings (SSSR count). The molecule has 8 nitrogen and oxygen atoms in total. The van der Waals surface area contributed by atoms with E-state index < -0.39 is 17.6 Å². The number of H-pyrrole nitrogens is 1. The number of aromatic nitrogens is 2. The van der Waals surface area contributed by atoms with Gasteiger partial charge in [-0.25, -0.2) is 18.6 Å². The van der Waals surface area contributed by atoms with Crippen LogP contribution < -0.4 is 5.56 Å². The van der Waals surface area contributed by atoms with Gasteiger partial charge < -0.3 is 14.6 Å². The van der Waals surface area contributed by atoms with Crippen LogP contribution in [0.1, 0.15) is 26.5 Å². The highest BCUT2D eigenvalue weighted by molar-refractivity contribution is 5.94. The number of carbonyl (C=O) groups excluding carboxylic acids is 2. The van der Waals surface area contributed by atoms with Crippen LogP contribution in [0.3, 0.4) is 0 Å². The highest BCUT2D eigenvalue weighted by Gasteiger charge is 2.23. The molecular weight excluding hydrogens is 422 g/mol. The van der Waals surface area contributed by atoms with Crippen LogP contribution in [0.15, 0.2) is 41.2 Å². The van der Waals surface area contributed by atoms with Gasteiger partial charge in [-0.2, -0.15) is 0 Å². The fourth-order valence-electron chi connectivity index (χ4n) is 3.64. The molecule has 0 unspecified atom stereocenters. The van der Waals surface area contributed by atoms with Crippen molar-refractivity contribution in [2.24, 2.45) is 0 Å². The maximum atomic E-state index is 13.4. The summed E-state index contributed by atoms with van der Waals surface area (Å²) in [6.45, 7) is 2.16. The quantitative estimate of drug-likeness (QED) is 0.621. The first-order valence-electron chi connectivity index (χ1n) is 9.93. The van der Waals surface area contributed by atoms with Crippen molar-refractivity contribution >= 4 is 22.8 Å². The molecule has 1 aliphatic heterocycles. The number of nitrogens with zero attached hydrogens (tertiary/aromatic N) is 3. The lowest BCUT2D eigenvalue weighted by Crippen LogP contribution is -2.48. The zero-order valence-electron chi connectivity index (χ0n) is 17.2. The summed E-state index contributed by atoms with van der Waals surface area (Å²) in [5.41, 5.74) is 0.472. The third-order valence-electron chi connectivity index (χ3n) is 5.38. The molecule has 10 heteroatoms. The number of ether oxygens (including phenoxy) is 1. The second kappa shape index (κ2) is 8.83. The number of halogens is 2. The van der Waals surface area contributed by atoms with Gasteiger partial charge >= 0.3 is 5.97 Å². The van der Waals surface area contributed by atoms with Gasteiger partial charge in [0.15, 0.2) is 11.6 Å². The van der Waals surface area contributed by atoms with Gasteiger partial charge in [0, 0.05) is 31.7 Å². The van der Waals surface area contributed by atoms with Gasteiger partial charge in [0.1, 0.15) is 5.82 Å². The molecule has 0 atom stereocenters. The summed E-state index contributed by atoms with van der Waals surface area (Å²) in [6.07, 6.45) is 0. The van der Waals surface area contributed by atoms with Gasteiger partial charge in [-0.15, -0.1) is 0 Å². The monoisotopic (exact) mass is 442 g/mol. The standard InChI is InChI=1S/C22H20F2N4O4/c1-32-22(31)14-2-4-15-18(11-14)25-19(26-20(15)29)12-27-6-8-28(9-7-27)21(30)13-3-5-16(23)17(24)10-13/h2-5,10-11H,6-9,12H2,1H3,(H,25,26,29). The molecule has 0 radical (unpaired) electrons. The molecule has 1 saturated heterocycles. The van der Waals surface area contributed by atoms with Gasteiger partial charge in [0.2, 0.25) is 0 Å². The summed E-state index contributed by atoms with van der Waals surface area (Å²) >= 11 is 0. The maximum absolute atomic E-state index is 13.4. The molecule has 1 N–H and O–H groups in total. The van der Waals surface area contributed by atoms with Crippen LogP contribution in [-0.2, 0) is 11.3 Å². The minimum Gasteiger partial charge on any atom is -0.465 e. The molecule has 0 saturated carbocycles. The highest BCUT2D eigenvalue weighted by atomic mass is 19.2. The van der Waals surface area contributed by atoms with E-state index in [9.17, 15) is 23.2 Å². The van der Waals surface area contributed by atoms with Gasteiger partial charge in [-0.3, -0.25) is 14.5 Å². The summed E-state index contributed by atoms with van der Waals surface area (Å²) < 4.78 is 31.2. The number of esters is 1. The third kappa shape index (κ3) is 4.35. The molecule has 32 heavy (non-hydrogen) atoms.